The fraction of sp³-hybridized carbons (Fsp3) is 0.600. The van der Waals surface area contributed by atoms with Crippen molar-refractivity contribution in [2.45, 2.75) is 51.0 Å². The van der Waals surface area contributed by atoms with Crippen molar-refractivity contribution in [3.8, 4) is 5.75 Å². The van der Waals surface area contributed by atoms with Crippen molar-refractivity contribution in [3.63, 3.8) is 0 Å². The van der Waals surface area contributed by atoms with Crippen molar-refractivity contribution in [1.82, 2.24) is 0 Å². The zero-order valence-corrected chi connectivity index (χ0v) is 13.7. The van der Waals surface area contributed by atoms with Crippen LogP contribution in [0.4, 0.5) is 0 Å². The first-order chi connectivity index (χ1) is 9.11. The molecule has 5 heteroatoms. The van der Waals surface area contributed by atoms with E-state index in [9.17, 15) is 13.5 Å². The molecule has 114 valence electrons. The van der Waals surface area contributed by atoms with Crippen LogP contribution in [0.15, 0.2) is 17.0 Å². The Hall–Kier alpha value is -1.07. The van der Waals surface area contributed by atoms with Crippen LogP contribution in [0, 0.1) is 0 Å². The van der Waals surface area contributed by atoms with Gasteiger partial charge in [0.2, 0.25) is 0 Å². The molecule has 0 aliphatic carbocycles. The summed E-state index contributed by atoms with van der Waals surface area (Å²) in [5, 5.41) is 10.3. The zero-order chi connectivity index (χ0) is 15.6. The normalized spacial score (nSPS) is 12.5. The molecule has 0 saturated carbocycles. The van der Waals surface area contributed by atoms with Gasteiger partial charge in [-0.3, -0.25) is 0 Å². The maximum atomic E-state index is 12.0. The zero-order valence-electron chi connectivity index (χ0n) is 12.9. The summed E-state index contributed by atoms with van der Waals surface area (Å²) in [6.45, 7) is 7.66. The van der Waals surface area contributed by atoms with Gasteiger partial charge in [-0.15, -0.1) is 0 Å². The van der Waals surface area contributed by atoms with Crippen LogP contribution in [0.2, 0.25) is 0 Å². The number of hydrogen-bond donors (Lipinski definition) is 1. The molecule has 1 rings (SSSR count). The molecule has 4 nitrogen and oxygen atoms in total. The van der Waals surface area contributed by atoms with E-state index in [0.717, 1.165) is 18.2 Å². The van der Waals surface area contributed by atoms with E-state index in [1.807, 2.05) is 19.9 Å². The Labute approximate surface area is 121 Å². The third-order valence-corrected chi connectivity index (χ3v) is 4.14. The molecule has 0 heterocycles. The first kappa shape index (κ1) is 17.0. The van der Waals surface area contributed by atoms with Crippen LogP contribution < -0.4 is 4.74 Å². The average molecular weight is 300 g/mol. The first-order valence-electron chi connectivity index (χ1n) is 6.83. The standard InChI is InChI=1S/C15H24O4S/c1-6-8-19-12-9-11(7-2)14(15(3,4)16)13(10-12)20(5,17)18/h9-10,16H,6-8H2,1-5H3. The molecule has 20 heavy (non-hydrogen) atoms. The van der Waals surface area contributed by atoms with E-state index in [2.05, 4.69) is 0 Å². The Kier molecular flexibility index (Phi) is 5.21. The molecule has 0 aliphatic heterocycles. The Balaban J connectivity index is 3.57. The lowest BCUT2D eigenvalue weighted by molar-refractivity contribution is 0.0744. The summed E-state index contributed by atoms with van der Waals surface area (Å²) < 4.78 is 29.6. The molecule has 0 spiro atoms. The van der Waals surface area contributed by atoms with E-state index in [1.165, 1.54) is 6.07 Å². The molecule has 0 amide bonds. The fourth-order valence-corrected chi connectivity index (χ4v) is 3.30. The van der Waals surface area contributed by atoms with Crippen LogP contribution >= 0.6 is 0 Å². The Morgan fingerprint density at radius 1 is 1.25 bits per heavy atom. The maximum absolute atomic E-state index is 12.0. The van der Waals surface area contributed by atoms with Gasteiger partial charge in [-0.05, 0) is 44.4 Å². The van der Waals surface area contributed by atoms with E-state index in [4.69, 9.17) is 4.74 Å². The second-order valence-electron chi connectivity index (χ2n) is 5.49. The Bertz CT molecular complexity index is 568. The van der Waals surface area contributed by atoms with E-state index in [0.29, 0.717) is 24.3 Å². The number of benzene rings is 1. The van der Waals surface area contributed by atoms with Gasteiger partial charge in [0.1, 0.15) is 5.75 Å². The monoisotopic (exact) mass is 300 g/mol. The van der Waals surface area contributed by atoms with Gasteiger partial charge in [0.25, 0.3) is 0 Å². The molecule has 0 bridgehead atoms. The van der Waals surface area contributed by atoms with Gasteiger partial charge in [0, 0.05) is 11.8 Å². The van der Waals surface area contributed by atoms with Gasteiger partial charge in [0.15, 0.2) is 9.84 Å². The van der Waals surface area contributed by atoms with Crippen LogP contribution in [0.1, 0.15) is 45.2 Å². The Morgan fingerprint density at radius 3 is 2.25 bits per heavy atom. The van der Waals surface area contributed by atoms with Crippen molar-refractivity contribution in [3.05, 3.63) is 23.3 Å². The number of aliphatic hydroxyl groups is 1. The fourth-order valence-electron chi connectivity index (χ4n) is 2.21. The number of aryl methyl sites for hydroxylation is 1. The van der Waals surface area contributed by atoms with Gasteiger partial charge in [-0.1, -0.05) is 13.8 Å². The van der Waals surface area contributed by atoms with Crippen LogP contribution in [0.25, 0.3) is 0 Å². The molecule has 1 aromatic rings. The summed E-state index contributed by atoms with van der Waals surface area (Å²) in [6, 6.07) is 3.33. The minimum Gasteiger partial charge on any atom is -0.494 e. The summed E-state index contributed by atoms with van der Waals surface area (Å²) in [5.74, 6) is 0.539. The van der Waals surface area contributed by atoms with Gasteiger partial charge >= 0.3 is 0 Å². The lowest BCUT2D eigenvalue weighted by atomic mass is 9.91. The van der Waals surface area contributed by atoms with Crippen molar-refractivity contribution < 1.29 is 18.3 Å². The molecular weight excluding hydrogens is 276 g/mol. The molecule has 0 fully saturated rings. The van der Waals surface area contributed by atoms with Crippen LogP contribution in [-0.2, 0) is 21.9 Å². The molecule has 0 radical (unpaired) electrons. The summed E-state index contributed by atoms with van der Waals surface area (Å²) in [7, 11) is -3.44. The number of ether oxygens (including phenoxy) is 1. The third kappa shape index (κ3) is 3.96. The topological polar surface area (TPSA) is 63.6 Å². The second kappa shape index (κ2) is 6.14. The minimum absolute atomic E-state index is 0.149. The predicted octanol–water partition coefficient (Wildman–Crippen LogP) is 2.67. The molecule has 0 atom stereocenters. The molecule has 1 aromatic carbocycles. The second-order valence-corrected chi connectivity index (χ2v) is 7.47. The molecular formula is C15H24O4S. The first-order valence-corrected chi connectivity index (χ1v) is 8.73. The quantitative estimate of drug-likeness (QED) is 0.877. The molecule has 1 N–H and O–H groups in total. The summed E-state index contributed by atoms with van der Waals surface area (Å²) in [5.41, 5.74) is 0.0467. The number of rotatable bonds is 6. The predicted molar refractivity (Wildman–Crippen MR) is 80.0 cm³/mol. The third-order valence-electron chi connectivity index (χ3n) is 3.02. The highest BCUT2D eigenvalue weighted by molar-refractivity contribution is 7.90. The SMILES string of the molecule is CCCOc1cc(CC)c(C(C)(C)O)c(S(C)(=O)=O)c1. The summed E-state index contributed by atoms with van der Waals surface area (Å²) >= 11 is 0. The molecule has 0 saturated heterocycles. The van der Waals surface area contributed by atoms with Crippen LogP contribution in [0.3, 0.4) is 0 Å². The van der Waals surface area contributed by atoms with Crippen molar-refractivity contribution in [2.75, 3.05) is 12.9 Å². The number of hydrogen-bond acceptors (Lipinski definition) is 4. The largest absolute Gasteiger partial charge is 0.494 e. The van der Waals surface area contributed by atoms with Gasteiger partial charge in [-0.25, -0.2) is 8.42 Å². The van der Waals surface area contributed by atoms with Crippen molar-refractivity contribution >= 4 is 9.84 Å². The van der Waals surface area contributed by atoms with E-state index >= 15 is 0 Å². The highest BCUT2D eigenvalue weighted by Gasteiger charge is 2.28. The highest BCUT2D eigenvalue weighted by Crippen LogP contribution is 2.34. The lowest BCUT2D eigenvalue weighted by Crippen LogP contribution is -2.22. The van der Waals surface area contributed by atoms with Gasteiger partial charge in [0.05, 0.1) is 17.1 Å². The van der Waals surface area contributed by atoms with E-state index in [-0.39, 0.29) is 4.90 Å². The van der Waals surface area contributed by atoms with Gasteiger partial charge < -0.3 is 9.84 Å². The van der Waals surface area contributed by atoms with E-state index in [1.54, 1.807) is 13.8 Å². The van der Waals surface area contributed by atoms with Crippen molar-refractivity contribution in [2.24, 2.45) is 0 Å². The molecule has 0 unspecified atom stereocenters. The minimum atomic E-state index is -3.44. The van der Waals surface area contributed by atoms with E-state index < -0.39 is 15.4 Å². The molecule has 0 aromatic heterocycles. The Morgan fingerprint density at radius 2 is 1.85 bits per heavy atom. The smallest absolute Gasteiger partial charge is 0.176 e. The van der Waals surface area contributed by atoms with Crippen molar-refractivity contribution in [1.29, 1.82) is 0 Å². The van der Waals surface area contributed by atoms with Gasteiger partial charge in [-0.2, -0.15) is 0 Å². The van der Waals surface area contributed by atoms with Crippen LogP contribution in [-0.4, -0.2) is 26.4 Å². The highest BCUT2D eigenvalue weighted by atomic mass is 32.2. The molecule has 0 aliphatic rings. The van der Waals surface area contributed by atoms with Crippen LogP contribution in [0.5, 0.6) is 5.75 Å². The average Bonchev–Trinajstić information content (AvgIpc) is 2.32. The summed E-state index contributed by atoms with van der Waals surface area (Å²) in [6.07, 6.45) is 2.63. The maximum Gasteiger partial charge on any atom is 0.176 e. The number of sulfone groups is 1. The summed E-state index contributed by atoms with van der Waals surface area (Å²) in [4.78, 5) is 0.149. The lowest BCUT2D eigenvalue weighted by Gasteiger charge is -2.25.